The maximum absolute atomic E-state index is 13.1. The number of carbonyl (C=O) groups is 1. The van der Waals surface area contributed by atoms with Crippen molar-refractivity contribution < 1.29 is 9.21 Å². The van der Waals surface area contributed by atoms with Crippen LogP contribution in [0.1, 0.15) is 37.8 Å². The van der Waals surface area contributed by atoms with Gasteiger partial charge in [0.05, 0.1) is 25.3 Å². The molecule has 6 nitrogen and oxygen atoms in total. The first-order valence-electron chi connectivity index (χ1n) is 9.17. The Balaban J connectivity index is 1.63. The normalized spacial score (nSPS) is 18.4. The monoisotopic (exact) mass is 344 g/mol. The number of carbonyl (C=O) groups excluding carboxylic acids is 1. The number of furan rings is 1. The Kier molecular flexibility index (Phi) is 5.91. The van der Waals surface area contributed by atoms with Crippen LogP contribution in [0.2, 0.25) is 0 Å². The molecule has 0 radical (unpaired) electrons. The van der Waals surface area contributed by atoms with E-state index in [1.54, 1.807) is 12.5 Å². The standard InChI is InChI=1S/C19H28N4O2/c1-3-9-23(15-18-20-8-11-21(18)2)19(24)16-6-4-10-22(13-16)14-17-7-5-12-25-17/h5,7-8,11-12,16H,3-4,6,9-10,13-15H2,1-2H3. The second-order valence-corrected chi connectivity index (χ2v) is 6.87. The molecule has 3 rings (SSSR count). The minimum Gasteiger partial charge on any atom is -0.468 e. The molecule has 0 saturated carbocycles. The van der Waals surface area contributed by atoms with Gasteiger partial charge in [-0.2, -0.15) is 0 Å². The predicted octanol–water partition coefficient (Wildman–Crippen LogP) is 2.66. The highest BCUT2D eigenvalue weighted by Gasteiger charge is 2.29. The van der Waals surface area contributed by atoms with Crippen LogP contribution in [0.4, 0.5) is 0 Å². The van der Waals surface area contributed by atoms with E-state index in [0.717, 1.165) is 57.0 Å². The highest BCUT2D eigenvalue weighted by molar-refractivity contribution is 5.79. The Morgan fingerprint density at radius 3 is 3.04 bits per heavy atom. The van der Waals surface area contributed by atoms with Crippen molar-refractivity contribution in [2.75, 3.05) is 19.6 Å². The molecule has 1 fully saturated rings. The van der Waals surface area contributed by atoms with E-state index in [-0.39, 0.29) is 11.8 Å². The van der Waals surface area contributed by atoms with Gasteiger partial charge < -0.3 is 13.9 Å². The average Bonchev–Trinajstić information content (AvgIpc) is 3.26. The topological polar surface area (TPSA) is 54.5 Å². The SMILES string of the molecule is CCCN(Cc1nccn1C)C(=O)C1CCCN(Cc2ccco2)C1. The van der Waals surface area contributed by atoms with Crippen LogP contribution in [0, 0.1) is 5.92 Å². The minimum absolute atomic E-state index is 0.0653. The molecule has 1 aliphatic rings. The van der Waals surface area contributed by atoms with Crippen molar-refractivity contribution in [2.24, 2.45) is 13.0 Å². The van der Waals surface area contributed by atoms with Crippen molar-refractivity contribution in [1.82, 2.24) is 19.4 Å². The van der Waals surface area contributed by atoms with Gasteiger partial charge in [0.15, 0.2) is 0 Å². The van der Waals surface area contributed by atoms with Crippen molar-refractivity contribution in [3.05, 3.63) is 42.4 Å². The molecule has 2 aromatic heterocycles. The summed E-state index contributed by atoms with van der Waals surface area (Å²) in [6.45, 7) is 6.09. The number of rotatable bonds is 7. The smallest absolute Gasteiger partial charge is 0.227 e. The van der Waals surface area contributed by atoms with E-state index < -0.39 is 0 Å². The van der Waals surface area contributed by atoms with E-state index in [1.807, 2.05) is 34.8 Å². The summed E-state index contributed by atoms with van der Waals surface area (Å²) in [6, 6.07) is 3.91. The third-order valence-electron chi connectivity index (χ3n) is 4.87. The van der Waals surface area contributed by atoms with E-state index in [0.29, 0.717) is 6.54 Å². The van der Waals surface area contributed by atoms with Gasteiger partial charge in [0.1, 0.15) is 11.6 Å². The fourth-order valence-corrected chi connectivity index (χ4v) is 3.54. The summed E-state index contributed by atoms with van der Waals surface area (Å²) >= 11 is 0. The Labute approximate surface area is 149 Å². The first kappa shape index (κ1) is 17.7. The predicted molar refractivity (Wildman–Crippen MR) is 95.6 cm³/mol. The fraction of sp³-hybridized carbons (Fsp3) is 0.579. The van der Waals surface area contributed by atoms with E-state index in [2.05, 4.69) is 16.8 Å². The zero-order valence-corrected chi connectivity index (χ0v) is 15.2. The number of aromatic nitrogens is 2. The fourth-order valence-electron chi connectivity index (χ4n) is 3.54. The molecule has 0 bridgehead atoms. The average molecular weight is 344 g/mol. The molecule has 25 heavy (non-hydrogen) atoms. The van der Waals surface area contributed by atoms with Crippen LogP contribution in [0.15, 0.2) is 35.2 Å². The molecule has 1 amide bonds. The highest BCUT2D eigenvalue weighted by Crippen LogP contribution is 2.21. The summed E-state index contributed by atoms with van der Waals surface area (Å²) in [5, 5.41) is 0. The first-order chi connectivity index (χ1) is 12.2. The van der Waals surface area contributed by atoms with E-state index >= 15 is 0 Å². The lowest BCUT2D eigenvalue weighted by Crippen LogP contribution is -2.44. The van der Waals surface area contributed by atoms with Gasteiger partial charge >= 0.3 is 0 Å². The van der Waals surface area contributed by atoms with Gasteiger partial charge in [-0.3, -0.25) is 9.69 Å². The van der Waals surface area contributed by atoms with Crippen molar-refractivity contribution in [2.45, 2.75) is 39.3 Å². The number of amides is 1. The van der Waals surface area contributed by atoms with E-state index in [1.165, 1.54) is 0 Å². The highest BCUT2D eigenvalue weighted by atomic mass is 16.3. The van der Waals surface area contributed by atoms with Crippen molar-refractivity contribution in [3.63, 3.8) is 0 Å². The first-order valence-corrected chi connectivity index (χ1v) is 9.17. The summed E-state index contributed by atoms with van der Waals surface area (Å²) in [6.07, 6.45) is 8.40. The molecular formula is C19H28N4O2. The van der Waals surface area contributed by atoms with Crippen molar-refractivity contribution >= 4 is 5.91 Å². The maximum atomic E-state index is 13.1. The molecule has 0 N–H and O–H groups in total. The van der Waals surface area contributed by atoms with Gasteiger partial charge in [-0.1, -0.05) is 6.92 Å². The molecule has 1 saturated heterocycles. The Bertz CT molecular complexity index is 665. The van der Waals surface area contributed by atoms with Gasteiger partial charge in [0.25, 0.3) is 0 Å². The van der Waals surface area contributed by atoms with Crippen LogP contribution < -0.4 is 0 Å². The number of hydrogen-bond acceptors (Lipinski definition) is 4. The zero-order valence-electron chi connectivity index (χ0n) is 15.2. The van der Waals surface area contributed by atoms with Crippen molar-refractivity contribution in [1.29, 1.82) is 0 Å². The molecule has 1 aliphatic heterocycles. The van der Waals surface area contributed by atoms with Gasteiger partial charge in [0.2, 0.25) is 5.91 Å². The third-order valence-corrected chi connectivity index (χ3v) is 4.87. The number of piperidine rings is 1. The minimum atomic E-state index is 0.0653. The maximum Gasteiger partial charge on any atom is 0.227 e. The molecule has 2 aromatic rings. The number of nitrogens with zero attached hydrogens (tertiary/aromatic N) is 4. The number of likely N-dealkylation sites (tertiary alicyclic amines) is 1. The number of aryl methyl sites for hydroxylation is 1. The van der Waals surface area contributed by atoms with Crippen LogP contribution in [-0.4, -0.2) is 44.9 Å². The van der Waals surface area contributed by atoms with Gasteiger partial charge in [-0.05, 0) is 37.9 Å². The van der Waals surface area contributed by atoms with Crippen LogP contribution >= 0.6 is 0 Å². The second kappa shape index (κ2) is 8.34. The molecule has 0 aliphatic carbocycles. The number of imidazole rings is 1. The lowest BCUT2D eigenvalue weighted by Gasteiger charge is -2.34. The molecule has 3 heterocycles. The molecule has 6 heteroatoms. The quantitative estimate of drug-likeness (QED) is 0.775. The Morgan fingerprint density at radius 1 is 1.48 bits per heavy atom. The van der Waals surface area contributed by atoms with Crippen LogP contribution in [-0.2, 0) is 24.9 Å². The summed E-state index contributed by atoms with van der Waals surface area (Å²) in [5.74, 6) is 2.22. The van der Waals surface area contributed by atoms with Crippen LogP contribution in [0.5, 0.6) is 0 Å². The summed E-state index contributed by atoms with van der Waals surface area (Å²) in [7, 11) is 1.97. The molecule has 0 spiro atoms. The molecule has 1 unspecified atom stereocenters. The lowest BCUT2D eigenvalue weighted by molar-refractivity contribution is -0.138. The zero-order chi connectivity index (χ0) is 17.6. The molecule has 0 aromatic carbocycles. The van der Waals surface area contributed by atoms with Gasteiger partial charge in [-0.15, -0.1) is 0 Å². The Morgan fingerprint density at radius 2 is 2.36 bits per heavy atom. The summed E-state index contributed by atoms with van der Waals surface area (Å²) in [4.78, 5) is 21.8. The largest absolute Gasteiger partial charge is 0.468 e. The third kappa shape index (κ3) is 4.51. The number of hydrogen-bond donors (Lipinski definition) is 0. The van der Waals surface area contributed by atoms with E-state index in [9.17, 15) is 4.79 Å². The Hall–Kier alpha value is -2.08. The molecular weight excluding hydrogens is 316 g/mol. The van der Waals surface area contributed by atoms with Crippen molar-refractivity contribution in [3.8, 4) is 0 Å². The summed E-state index contributed by atoms with van der Waals surface area (Å²) < 4.78 is 7.44. The molecule has 136 valence electrons. The van der Waals surface area contributed by atoms with Gasteiger partial charge in [0, 0.05) is 32.5 Å². The van der Waals surface area contributed by atoms with E-state index in [4.69, 9.17) is 4.42 Å². The van der Waals surface area contributed by atoms with Crippen LogP contribution in [0.25, 0.3) is 0 Å². The second-order valence-electron chi connectivity index (χ2n) is 6.87. The summed E-state index contributed by atoms with van der Waals surface area (Å²) in [5.41, 5.74) is 0. The lowest BCUT2D eigenvalue weighted by atomic mass is 9.96. The molecule has 1 atom stereocenters. The van der Waals surface area contributed by atoms with Crippen LogP contribution in [0.3, 0.4) is 0 Å². The van der Waals surface area contributed by atoms with Gasteiger partial charge in [-0.25, -0.2) is 4.98 Å².